The molecule has 1 aromatic carbocycles. The molecule has 4 unspecified atom stereocenters. The average molecular weight is 652 g/mol. The number of nitrogens with zero attached hydrogens (tertiary/aromatic N) is 3. The monoisotopic (exact) mass is 651 g/mol. The van der Waals surface area contributed by atoms with Gasteiger partial charge in [0.25, 0.3) is 10.0 Å². The maximum absolute atomic E-state index is 12.9. The van der Waals surface area contributed by atoms with Crippen molar-refractivity contribution < 1.29 is 35.8 Å². The van der Waals surface area contributed by atoms with Gasteiger partial charge in [-0.2, -0.15) is 16.8 Å². The summed E-state index contributed by atoms with van der Waals surface area (Å²) in [5.41, 5.74) is 4.29. The molecule has 0 bridgehead atoms. The summed E-state index contributed by atoms with van der Waals surface area (Å²) in [5, 5.41) is -0.795. The van der Waals surface area contributed by atoms with Gasteiger partial charge in [0.05, 0.1) is 25.1 Å². The number of benzene rings is 1. The van der Waals surface area contributed by atoms with Crippen LogP contribution >= 0.6 is 0 Å². The lowest BCUT2D eigenvalue weighted by molar-refractivity contribution is 0.381. The molecule has 2 heterocycles. The zero-order valence-electron chi connectivity index (χ0n) is 23.7. The Labute approximate surface area is 245 Å². The van der Waals surface area contributed by atoms with E-state index in [9.17, 15) is 16.8 Å². The van der Waals surface area contributed by atoms with Crippen molar-refractivity contribution in [3.05, 3.63) is 89.0 Å². The summed E-state index contributed by atoms with van der Waals surface area (Å²) >= 11 is 0. The molecule has 0 spiro atoms. The van der Waals surface area contributed by atoms with E-state index < -0.39 is 45.1 Å². The van der Waals surface area contributed by atoms with Gasteiger partial charge >= 0.3 is 10.4 Å². The lowest BCUT2D eigenvalue weighted by atomic mass is 10.2. The molecule has 0 aliphatic carbocycles. The highest BCUT2D eigenvalue weighted by Crippen LogP contribution is 2.25. The zero-order chi connectivity index (χ0) is 31.8. The molecule has 0 saturated heterocycles. The molecule has 230 valence electrons. The van der Waals surface area contributed by atoms with Crippen molar-refractivity contribution >= 4 is 39.9 Å². The standard InChI is InChI=1S/C16H20N2O3S2.C9H14N2OS.H2O4S.H2/c1-12-5-9-16(10-6-12)23(20,21)18-22(4,19)14(3)15-8-7-13(2)17-11-15;1-7-4-5-9(6-11-7)8(2)13(3,10)12;1-5(2,3)4;/h5-11,14H,1-4H3;4-6,8,10H,1-3H3;(H2,1,2,3,4);1H/i;;;1+1. The minimum Gasteiger partial charge on any atom is -0.264 e. The highest BCUT2D eigenvalue weighted by molar-refractivity contribution is 8.03. The van der Waals surface area contributed by atoms with Crippen LogP contribution in [0.1, 0.15) is 53.9 Å². The number of hydrogen-bond donors (Lipinski definition) is 3. The smallest absolute Gasteiger partial charge is 0.264 e. The van der Waals surface area contributed by atoms with Crippen LogP contribution in [0.25, 0.3) is 0 Å². The van der Waals surface area contributed by atoms with Gasteiger partial charge in [-0.15, -0.1) is 3.77 Å². The molecule has 0 aliphatic heterocycles. The number of hydrogen-bond acceptors (Lipinski definition) is 9. The van der Waals surface area contributed by atoms with Gasteiger partial charge in [0.2, 0.25) is 0 Å². The zero-order valence-corrected chi connectivity index (χ0v) is 27.0. The molecule has 3 rings (SSSR count). The molecule has 12 nitrogen and oxygen atoms in total. The van der Waals surface area contributed by atoms with Gasteiger partial charge in [-0.3, -0.25) is 23.9 Å². The van der Waals surface area contributed by atoms with E-state index in [4.69, 9.17) is 22.3 Å². The maximum Gasteiger partial charge on any atom is 0.394 e. The van der Waals surface area contributed by atoms with E-state index in [1.165, 1.54) is 24.6 Å². The molecule has 2 aromatic heterocycles. The Morgan fingerprint density at radius 2 is 1.12 bits per heavy atom. The number of nitrogens with one attached hydrogen (secondary N) is 1. The van der Waals surface area contributed by atoms with Crippen LogP contribution in [-0.2, 0) is 39.9 Å². The first-order valence-electron chi connectivity index (χ1n) is 11.8. The second-order valence-corrected chi connectivity index (χ2v) is 17.2. The molecule has 0 radical (unpaired) electrons. The van der Waals surface area contributed by atoms with Gasteiger partial charge in [-0.1, -0.05) is 29.8 Å². The Bertz CT molecular complexity index is 1750. The Hall–Kier alpha value is -2.76. The minimum absolute atomic E-state index is 0. The number of aromatic nitrogens is 2. The van der Waals surface area contributed by atoms with Crippen molar-refractivity contribution in [2.45, 2.75) is 50.0 Å². The molecule has 4 atom stereocenters. The minimum atomic E-state index is -4.67. The van der Waals surface area contributed by atoms with Crippen LogP contribution in [0.5, 0.6) is 0 Å². The molecule has 0 aliphatic rings. The summed E-state index contributed by atoms with van der Waals surface area (Å²) in [6.45, 7) is 9.11. The largest absolute Gasteiger partial charge is 0.394 e. The number of sulfonamides is 1. The van der Waals surface area contributed by atoms with Crippen LogP contribution in [0.2, 0.25) is 0 Å². The van der Waals surface area contributed by atoms with Crippen molar-refractivity contribution in [3.8, 4) is 0 Å². The molecule has 3 aromatic rings. The van der Waals surface area contributed by atoms with Crippen LogP contribution in [0.4, 0.5) is 0 Å². The molecule has 16 heteroatoms. The van der Waals surface area contributed by atoms with Crippen LogP contribution in [0.3, 0.4) is 0 Å². The van der Waals surface area contributed by atoms with Crippen LogP contribution in [0, 0.1) is 25.6 Å². The lowest BCUT2D eigenvalue weighted by Gasteiger charge is -2.14. The summed E-state index contributed by atoms with van der Waals surface area (Å²) in [5.74, 6) is 0. The summed E-state index contributed by atoms with van der Waals surface area (Å²) in [6, 6.07) is 13.7. The Morgan fingerprint density at radius 3 is 1.46 bits per heavy atom. The van der Waals surface area contributed by atoms with Gasteiger partial charge in [0.1, 0.15) is 0 Å². The van der Waals surface area contributed by atoms with Crippen LogP contribution in [-0.4, -0.2) is 56.8 Å². The van der Waals surface area contributed by atoms with Crippen molar-refractivity contribution in [2.75, 3.05) is 12.5 Å². The van der Waals surface area contributed by atoms with Crippen molar-refractivity contribution in [2.24, 2.45) is 3.77 Å². The SMILES string of the molecule is Cc1ccc(C(C)S(C)(=N)=O)cn1.Cc1ccc(S(=O)(=O)N=S(C)(=O)C(C)c2ccc(C)nc2)cc1.O=S(=O)(O)O.[2HH]. The van der Waals surface area contributed by atoms with Crippen molar-refractivity contribution in [1.82, 2.24) is 9.97 Å². The molecule has 0 fully saturated rings. The third-order valence-corrected chi connectivity index (χ3v) is 11.7. The normalized spacial score (nSPS) is 15.8. The van der Waals surface area contributed by atoms with Crippen molar-refractivity contribution in [3.63, 3.8) is 0 Å². The fourth-order valence-corrected chi connectivity index (χ4v) is 7.17. The van der Waals surface area contributed by atoms with E-state index in [2.05, 4.69) is 13.7 Å². The third kappa shape index (κ3) is 13.2. The molecular weight excluding hydrogens is 613 g/mol. The fraction of sp³-hybridized carbons (Fsp3) is 0.360. The predicted octanol–water partition coefficient (Wildman–Crippen LogP) is 4.97. The quantitative estimate of drug-likeness (QED) is 0.305. The van der Waals surface area contributed by atoms with Crippen LogP contribution < -0.4 is 0 Å². The summed E-state index contributed by atoms with van der Waals surface area (Å²) in [7, 11) is -14.1. The molecule has 0 amide bonds. The van der Waals surface area contributed by atoms with E-state index in [0.717, 1.165) is 22.5 Å². The van der Waals surface area contributed by atoms with E-state index >= 15 is 0 Å². The highest BCUT2D eigenvalue weighted by Gasteiger charge is 2.22. The molecule has 0 saturated carbocycles. The molecule has 3 N–H and O–H groups in total. The van der Waals surface area contributed by atoms with E-state index in [1.54, 1.807) is 50.5 Å². The average Bonchev–Trinajstić information content (AvgIpc) is 2.82. The van der Waals surface area contributed by atoms with E-state index in [1.807, 2.05) is 32.9 Å². The highest BCUT2D eigenvalue weighted by atomic mass is 32.3. The molecule has 41 heavy (non-hydrogen) atoms. The number of aryl methyl sites for hydroxylation is 3. The summed E-state index contributed by atoms with van der Waals surface area (Å²) in [4.78, 5) is 8.31. The van der Waals surface area contributed by atoms with Crippen LogP contribution in [0.15, 0.2) is 69.6 Å². The fourth-order valence-electron chi connectivity index (χ4n) is 2.96. The van der Waals surface area contributed by atoms with E-state index in [-0.39, 0.29) is 11.6 Å². The van der Waals surface area contributed by atoms with E-state index in [0.29, 0.717) is 5.56 Å². The van der Waals surface area contributed by atoms with Gasteiger partial charge in [-0.05, 0) is 70.0 Å². The number of rotatable bonds is 6. The topological polar surface area (TPSA) is 205 Å². The number of pyridine rings is 2. The van der Waals surface area contributed by atoms with Gasteiger partial charge in [0.15, 0.2) is 0 Å². The first-order chi connectivity index (χ1) is 18.5. The lowest BCUT2D eigenvalue weighted by Crippen LogP contribution is -2.11. The summed E-state index contributed by atoms with van der Waals surface area (Å²) in [6.07, 6.45) is 6.12. The first kappa shape index (κ1) is 36.3. The first-order valence-corrected chi connectivity index (χ1v) is 18.7. The second kappa shape index (κ2) is 14.4. The Balaban J connectivity index is 0.000000746. The van der Waals surface area contributed by atoms with Crippen molar-refractivity contribution in [1.29, 1.82) is 4.78 Å². The van der Waals surface area contributed by atoms with Gasteiger partial charge in [0, 0.05) is 47.4 Å². The van der Waals surface area contributed by atoms with Gasteiger partial charge in [-0.25, -0.2) is 8.42 Å². The van der Waals surface area contributed by atoms with Gasteiger partial charge < -0.3 is 0 Å². The summed E-state index contributed by atoms with van der Waals surface area (Å²) < 4.78 is 91.8. The maximum atomic E-state index is 12.9. The Morgan fingerprint density at radius 1 is 0.732 bits per heavy atom. The Kier molecular flexibility index (Phi) is 12.8. The molecular formula is C25H38N4O8S4. The predicted molar refractivity (Wildman–Crippen MR) is 163 cm³/mol. The third-order valence-electron chi connectivity index (χ3n) is 5.70. The second-order valence-electron chi connectivity index (χ2n) is 9.33.